The average molecular weight is 416 g/mol. The molecule has 3 unspecified atom stereocenters. The first-order chi connectivity index (χ1) is 14.2. The summed E-state index contributed by atoms with van der Waals surface area (Å²) in [5.41, 5.74) is 1.38. The molecule has 0 bridgehead atoms. The number of aliphatic hydroxyl groups excluding tert-OH is 2. The molecule has 3 N–H and O–H groups in total. The molecule has 6 nitrogen and oxygen atoms in total. The number of para-hydroxylation sites is 1. The van der Waals surface area contributed by atoms with Gasteiger partial charge in [-0.25, -0.2) is 4.79 Å². The maximum atomic E-state index is 12.0. The van der Waals surface area contributed by atoms with Crippen molar-refractivity contribution in [2.45, 2.75) is 64.4 Å². The summed E-state index contributed by atoms with van der Waals surface area (Å²) in [6, 6.07) is 16.8. The van der Waals surface area contributed by atoms with E-state index in [0.29, 0.717) is 13.0 Å². The monoisotopic (exact) mass is 415 g/mol. The summed E-state index contributed by atoms with van der Waals surface area (Å²) in [5.74, 6) is 0.697. The van der Waals surface area contributed by atoms with Gasteiger partial charge in [0.25, 0.3) is 0 Å². The second-order valence-electron chi connectivity index (χ2n) is 8.45. The fourth-order valence-electron chi connectivity index (χ4n) is 3.13. The van der Waals surface area contributed by atoms with Gasteiger partial charge in [-0.2, -0.15) is 0 Å². The summed E-state index contributed by atoms with van der Waals surface area (Å²) in [6.45, 7) is 7.31. The van der Waals surface area contributed by atoms with E-state index in [1.165, 1.54) is 0 Å². The molecule has 2 rings (SSSR count). The molecule has 0 spiro atoms. The fraction of sp³-hybridized carbons (Fsp3) is 0.458. The highest BCUT2D eigenvalue weighted by Crippen LogP contribution is 2.30. The van der Waals surface area contributed by atoms with Gasteiger partial charge in [0.2, 0.25) is 0 Å². The maximum absolute atomic E-state index is 12.0. The van der Waals surface area contributed by atoms with Crippen molar-refractivity contribution >= 4 is 6.09 Å². The summed E-state index contributed by atoms with van der Waals surface area (Å²) in [4.78, 5) is 12.0. The molecule has 0 heterocycles. The Morgan fingerprint density at radius 3 is 2.33 bits per heavy atom. The van der Waals surface area contributed by atoms with Crippen molar-refractivity contribution in [3.05, 3.63) is 65.7 Å². The molecule has 0 saturated heterocycles. The van der Waals surface area contributed by atoms with Gasteiger partial charge in [0.05, 0.1) is 18.8 Å². The van der Waals surface area contributed by atoms with Crippen molar-refractivity contribution in [3.8, 4) is 5.75 Å². The minimum absolute atomic E-state index is 0.0542. The minimum Gasteiger partial charge on any atom is -0.489 e. The number of nitrogens with one attached hydrogen (secondary N) is 1. The number of rotatable bonds is 9. The van der Waals surface area contributed by atoms with Crippen LogP contribution in [0.5, 0.6) is 5.75 Å². The van der Waals surface area contributed by atoms with E-state index in [0.717, 1.165) is 16.9 Å². The van der Waals surface area contributed by atoms with Crippen LogP contribution >= 0.6 is 0 Å². The molecular weight excluding hydrogens is 382 g/mol. The number of alkyl carbamates (subject to hydrolysis) is 1. The number of ether oxygens (including phenoxy) is 2. The lowest BCUT2D eigenvalue weighted by atomic mass is 9.92. The first-order valence-corrected chi connectivity index (χ1v) is 10.2. The highest BCUT2D eigenvalue weighted by atomic mass is 16.6. The zero-order valence-electron chi connectivity index (χ0n) is 18.2. The van der Waals surface area contributed by atoms with Crippen LogP contribution in [0.2, 0.25) is 0 Å². The normalized spacial score (nSPS) is 14.5. The summed E-state index contributed by atoms with van der Waals surface area (Å²) < 4.78 is 11.2. The van der Waals surface area contributed by atoms with Gasteiger partial charge < -0.3 is 25.0 Å². The largest absolute Gasteiger partial charge is 0.489 e. The number of hydrogen-bond donors (Lipinski definition) is 3. The molecule has 30 heavy (non-hydrogen) atoms. The minimum atomic E-state index is -0.945. The number of hydrogen-bond acceptors (Lipinski definition) is 5. The molecule has 2 aromatic carbocycles. The van der Waals surface area contributed by atoms with Crippen molar-refractivity contribution in [1.82, 2.24) is 5.32 Å². The Balaban J connectivity index is 2.00. The highest BCUT2D eigenvalue weighted by Gasteiger charge is 2.26. The van der Waals surface area contributed by atoms with Crippen molar-refractivity contribution in [2.75, 3.05) is 6.61 Å². The average Bonchev–Trinajstić information content (AvgIpc) is 2.70. The van der Waals surface area contributed by atoms with E-state index in [1.807, 2.05) is 61.5 Å². The zero-order chi connectivity index (χ0) is 22.1. The van der Waals surface area contributed by atoms with E-state index < -0.39 is 23.8 Å². The Morgan fingerprint density at radius 2 is 1.70 bits per heavy atom. The smallest absolute Gasteiger partial charge is 0.408 e. The van der Waals surface area contributed by atoms with Gasteiger partial charge in [0, 0.05) is 0 Å². The van der Waals surface area contributed by atoms with Gasteiger partial charge in [0.1, 0.15) is 18.0 Å². The molecule has 6 heteroatoms. The molecule has 0 saturated carbocycles. The van der Waals surface area contributed by atoms with Gasteiger partial charge in [-0.05, 0) is 50.3 Å². The van der Waals surface area contributed by atoms with Crippen LogP contribution < -0.4 is 10.1 Å². The van der Waals surface area contributed by atoms with Crippen molar-refractivity contribution in [3.63, 3.8) is 0 Å². The molecule has 0 aliphatic carbocycles. The molecule has 0 aliphatic heterocycles. The van der Waals surface area contributed by atoms with Crippen molar-refractivity contribution < 1.29 is 24.5 Å². The Kier molecular flexibility index (Phi) is 8.69. The molecule has 164 valence electrons. The van der Waals surface area contributed by atoms with Gasteiger partial charge in [-0.15, -0.1) is 0 Å². The SMILES string of the molecule is CC(CC(O)C(CO)NC(=O)OC(C)(C)C)c1ccccc1OCc1ccccc1. The first-order valence-electron chi connectivity index (χ1n) is 10.2. The third-order valence-electron chi connectivity index (χ3n) is 4.65. The van der Waals surface area contributed by atoms with Crippen LogP contribution in [0.25, 0.3) is 0 Å². The van der Waals surface area contributed by atoms with Gasteiger partial charge in [-0.1, -0.05) is 55.5 Å². The van der Waals surface area contributed by atoms with Crippen LogP contribution in [-0.2, 0) is 11.3 Å². The first kappa shape index (κ1) is 23.7. The standard InChI is InChI=1S/C24H33NO5/c1-17(14-21(27)20(15-26)25-23(28)30-24(2,3)4)19-12-8-9-13-22(19)29-16-18-10-6-5-7-11-18/h5-13,17,20-21,26-27H,14-16H2,1-4H3,(H,25,28). The molecule has 0 aliphatic rings. The molecule has 0 radical (unpaired) electrons. The van der Waals surface area contributed by atoms with E-state index >= 15 is 0 Å². The lowest BCUT2D eigenvalue weighted by molar-refractivity contribution is 0.0327. The topological polar surface area (TPSA) is 88.0 Å². The summed E-state index contributed by atoms with van der Waals surface area (Å²) in [7, 11) is 0. The lowest BCUT2D eigenvalue weighted by Crippen LogP contribution is -2.47. The van der Waals surface area contributed by atoms with Gasteiger partial charge >= 0.3 is 6.09 Å². The van der Waals surface area contributed by atoms with Gasteiger partial charge in [0.15, 0.2) is 0 Å². The maximum Gasteiger partial charge on any atom is 0.408 e. The van der Waals surface area contributed by atoms with Crippen LogP contribution in [-0.4, -0.2) is 40.7 Å². The quantitative estimate of drug-likeness (QED) is 0.576. The fourth-order valence-corrected chi connectivity index (χ4v) is 3.13. The van der Waals surface area contributed by atoms with E-state index in [1.54, 1.807) is 20.8 Å². The number of amides is 1. The van der Waals surface area contributed by atoms with Crippen LogP contribution in [0.4, 0.5) is 4.79 Å². The molecular formula is C24H33NO5. The second-order valence-corrected chi connectivity index (χ2v) is 8.45. The van der Waals surface area contributed by atoms with Crippen LogP contribution in [0.1, 0.15) is 51.2 Å². The number of carbonyl (C=O) groups excluding carboxylic acids is 1. The predicted octanol–water partition coefficient (Wildman–Crippen LogP) is 4.01. The zero-order valence-corrected chi connectivity index (χ0v) is 18.2. The predicted molar refractivity (Wildman–Crippen MR) is 116 cm³/mol. The van der Waals surface area contributed by atoms with Crippen molar-refractivity contribution in [2.24, 2.45) is 0 Å². The van der Waals surface area contributed by atoms with Crippen molar-refractivity contribution in [1.29, 1.82) is 0 Å². The number of carbonyl (C=O) groups is 1. The Hall–Kier alpha value is -2.57. The summed E-state index contributed by atoms with van der Waals surface area (Å²) in [5, 5.41) is 22.8. The Morgan fingerprint density at radius 1 is 1.07 bits per heavy atom. The van der Waals surface area contributed by atoms with Crippen LogP contribution in [0.15, 0.2) is 54.6 Å². The summed E-state index contributed by atoms with van der Waals surface area (Å²) >= 11 is 0. The van der Waals surface area contributed by atoms with Gasteiger partial charge in [-0.3, -0.25) is 0 Å². The highest BCUT2D eigenvalue weighted by molar-refractivity contribution is 5.68. The van der Waals surface area contributed by atoms with Crippen LogP contribution in [0.3, 0.4) is 0 Å². The van der Waals surface area contributed by atoms with E-state index in [4.69, 9.17) is 9.47 Å². The third kappa shape index (κ3) is 7.69. The Bertz CT molecular complexity index is 788. The summed E-state index contributed by atoms with van der Waals surface area (Å²) in [6.07, 6.45) is -1.27. The van der Waals surface area contributed by atoms with E-state index in [-0.39, 0.29) is 12.5 Å². The van der Waals surface area contributed by atoms with E-state index in [9.17, 15) is 15.0 Å². The molecule has 0 fully saturated rings. The Labute approximate surface area is 178 Å². The second kappa shape index (κ2) is 11.0. The number of aliphatic hydroxyl groups is 2. The lowest BCUT2D eigenvalue weighted by Gasteiger charge is -2.27. The number of benzene rings is 2. The third-order valence-corrected chi connectivity index (χ3v) is 4.65. The molecule has 2 aromatic rings. The van der Waals surface area contributed by atoms with E-state index in [2.05, 4.69) is 5.32 Å². The molecule has 0 aromatic heterocycles. The van der Waals surface area contributed by atoms with Crippen LogP contribution in [0, 0.1) is 0 Å². The molecule has 1 amide bonds. The molecule has 3 atom stereocenters.